The van der Waals surface area contributed by atoms with E-state index < -0.39 is 0 Å². The Bertz CT molecular complexity index is 924. The number of fused-ring (bicyclic) bond motifs is 1. The third-order valence-electron chi connectivity index (χ3n) is 4.05. The van der Waals surface area contributed by atoms with Crippen LogP contribution in [-0.4, -0.2) is 23.6 Å². The van der Waals surface area contributed by atoms with Gasteiger partial charge in [-0.25, -0.2) is 4.98 Å². The molecule has 4 nitrogen and oxygen atoms in total. The maximum atomic E-state index is 9.65. The predicted octanol–water partition coefficient (Wildman–Crippen LogP) is 4.19. The molecule has 2 aromatic carbocycles. The summed E-state index contributed by atoms with van der Waals surface area (Å²) in [4.78, 5) is 6.71. The maximum absolute atomic E-state index is 9.65. The Morgan fingerprint density at radius 2 is 1.88 bits per heavy atom. The molecular formula is C20H20N4. The Labute approximate surface area is 142 Å². The molecule has 0 amide bonds. The topological polar surface area (TPSA) is 44.9 Å². The van der Waals surface area contributed by atoms with Crippen LogP contribution in [0, 0.1) is 11.3 Å². The second-order valence-corrected chi connectivity index (χ2v) is 5.82. The van der Waals surface area contributed by atoms with Gasteiger partial charge in [0.1, 0.15) is 6.07 Å². The summed E-state index contributed by atoms with van der Waals surface area (Å²) in [5.74, 6) is 0.720. The highest BCUT2D eigenvalue weighted by Gasteiger charge is 2.13. The SMILES string of the molecule is CCn1c(/C(C#N)=C\c2ccc(N(C)C)cc2)nc2ccccc21. The molecule has 4 heteroatoms. The molecule has 0 bridgehead atoms. The number of aryl methyl sites for hydroxylation is 1. The Balaban J connectivity index is 2.07. The molecular weight excluding hydrogens is 296 g/mol. The third-order valence-corrected chi connectivity index (χ3v) is 4.05. The van der Waals surface area contributed by atoms with Crippen molar-refractivity contribution < 1.29 is 0 Å². The van der Waals surface area contributed by atoms with Crippen LogP contribution in [0.4, 0.5) is 5.69 Å². The zero-order valence-electron chi connectivity index (χ0n) is 14.2. The van der Waals surface area contributed by atoms with Gasteiger partial charge >= 0.3 is 0 Å². The number of benzene rings is 2. The highest BCUT2D eigenvalue weighted by atomic mass is 15.1. The van der Waals surface area contributed by atoms with Crippen molar-refractivity contribution in [3.05, 3.63) is 59.9 Å². The molecule has 24 heavy (non-hydrogen) atoms. The van der Waals surface area contributed by atoms with E-state index in [2.05, 4.69) is 27.4 Å². The average molecular weight is 316 g/mol. The quantitative estimate of drug-likeness (QED) is 0.678. The second-order valence-electron chi connectivity index (χ2n) is 5.82. The van der Waals surface area contributed by atoms with Crippen molar-refractivity contribution >= 4 is 28.4 Å². The number of allylic oxidation sites excluding steroid dienone is 1. The number of aromatic nitrogens is 2. The lowest BCUT2D eigenvalue weighted by Crippen LogP contribution is -2.07. The molecule has 0 aliphatic carbocycles. The number of para-hydroxylation sites is 2. The molecule has 0 fully saturated rings. The van der Waals surface area contributed by atoms with Gasteiger partial charge in [-0.3, -0.25) is 0 Å². The van der Waals surface area contributed by atoms with Crippen molar-refractivity contribution in [1.29, 1.82) is 5.26 Å². The standard InChI is InChI=1S/C20H20N4/c1-4-24-19-8-6-5-7-18(19)22-20(24)16(14-21)13-15-9-11-17(12-10-15)23(2)3/h5-13H,4H2,1-3H3/b16-13-. The normalized spacial score (nSPS) is 11.5. The van der Waals surface area contributed by atoms with Gasteiger partial charge in [-0.1, -0.05) is 24.3 Å². The number of nitrogens with zero attached hydrogens (tertiary/aromatic N) is 4. The molecule has 0 atom stereocenters. The Hall–Kier alpha value is -3.06. The van der Waals surface area contributed by atoms with E-state index in [-0.39, 0.29) is 0 Å². The predicted molar refractivity (Wildman–Crippen MR) is 99.7 cm³/mol. The minimum Gasteiger partial charge on any atom is -0.378 e. The number of rotatable bonds is 4. The summed E-state index contributed by atoms with van der Waals surface area (Å²) >= 11 is 0. The van der Waals surface area contributed by atoms with Crippen LogP contribution in [0.25, 0.3) is 22.7 Å². The van der Waals surface area contributed by atoms with Crippen LogP contribution in [0.5, 0.6) is 0 Å². The first-order valence-corrected chi connectivity index (χ1v) is 7.99. The fourth-order valence-corrected chi connectivity index (χ4v) is 2.78. The number of anilines is 1. The largest absolute Gasteiger partial charge is 0.378 e. The lowest BCUT2D eigenvalue weighted by molar-refractivity contribution is 0.775. The zero-order chi connectivity index (χ0) is 17.1. The van der Waals surface area contributed by atoms with Crippen molar-refractivity contribution in [2.45, 2.75) is 13.5 Å². The lowest BCUT2D eigenvalue weighted by atomic mass is 10.1. The smallest absolute Gasteiger partial charge is 0.151 e. The van der Waals surface area contributed by atoms with Crippen LogP contribution in [0.3, 0.4) is 0 Å². The van der Waals surface area contributed by atoms with Crippen LogP contribution < -0.4 is 4.90 Å². The van der Waals surface area contributed by atoms with Gasteiger partial charge in [-0.15, -0.1) is 0 Å². The summed E-state index contributed by atoms with van der Waals surface area (Å²) < 4.78 is 2.08. The number of hydrogen-bond acceptors (Lipinski definition) is 3. The average Bonchev–Trinajstić information content (AvgIpc) is 2.98. The number of nitriles is 1. The zero-order valence-corrected chi connectivity index (χ0v) is 14.2. The molecule has 0 N–H and O–H groups in total. The van der Waals surface area contributed by atoms with Gasteiger partial charge in [0, 0.05) is 26.3 Å². The van der Waals surface area contributed by atoms with Crippen LogP contribution in [0.1, 0.15) is 18.3 Å². The molecule has 1 heterocycles. The van der Waals surface area contributed by atoms with Gasteiger partial charge in [-0.2, -0.15) is 5.26 Å². The highest BCUT2D eigenvalue weighted by molar-refractivity contribution is 5.91. The maximum Gasteiger partial charge on any atom is 0.151 e. The highest BCUT2D eigenvalue weighted by Crippen LogP contribution is 2.23. The molecule has 0 radical (unpaired) electrons. The van der Waals surface area contributed by atoms with Crippen molar-refractivity contribution in [3.8, 4) is 6.07 Å². The van der Waals surface area contributed by atoms with E-state index in [9.17, 15) is 5.26 Å². The van der Waals surface area contributed by atoms with Crippen molar-refractivity contribution in [2.24, 2.45) is 0 Å². The van der Waals surface area contributed by atoms with Crippen LogP contribution in [0.2, 0.25) is 0 Å². The van der Waals surface area contributed by atoms with E-state index in [1.807, 2.05) is 68.7 Å². The minimum absolute atomic E-state index is 0.575. The van der Waals surface area contributed by atoms with Gasteiger partial charge in [0.05, 0.1) is 16.6 Å². The summed E-state index contributed by atoms with van der Waals surface area (Å²) in [6, 6.07) is 18.4. The van der Waals surface area contributed by atoms with Gasteiger partial charge < -0.3 is 9.47 Å². The summed E-state index contributed by atoms with van der Waals surface area (Å²) in [6.45, 7) is 2.84. The lowest BCUT2D eigenvalue weighted by Gasteiger charge is -2.12. The van der Waals surface area contributed by atoms with Gasteiger partial charge in [0.15, 0.2) is 5.82 Å². The monoisotopic (exact) mass is 316 g/mol. The molecule has 3 aromatic rings. The molecule has 0 saturated carbocycles. The Morgan fingerprint density at radius 3 is 2.50 bits per heavy atom. The first-order chi connectivity index (χ1) is 11.6. The Morgan fingerprint density at radius 1 is 1.17 bits per heavy atom. The van der Waals surface area contributed by atoms with Crippen LogP contribution in [0.15, 0.2) is 48.5 Å². The van der Waals surface area contributed by atoms with Gasteiger partial charge in [-0.05, 0) is 42.8 Å². The van der Waals surface area contributed by atoms with Crippen molar-refractivity contribution in [2.75, 3.05) is 19.0 Å². The fraction of sp³-hybridized carbons (Fsp3) is 0.200. The van der Waals surface area contributed by atoms with Crippen molar-refractivity contribution in [1.82, 2.24) is 9.55 Å². The van der Waals surface area contributed by atoms with Crippen LogP contribution >= 0.6 is 0 Å². The van der Waals surface area contributed by atoms with Crippen molar-refractivity contribution in [3.63, 3.8) is 0 Å². The van der Waals surface area contributed by atoms with E-state index in [0.29, 0.717) is 5.57 Å². The van der Waals surface area contributed by atoms with E-state index in [0.717, 1.165) is 34.7 Å². The summed E-state index contributed by atoms with van der Waals surface area (Å²) in [5, 5.41) is 9.65. The molecule has 1 aromatic heterocycles. The van der Waals surface area contributed by atoms with Gasteiger partial charge in [0.2, 0.25) is 0 Å². The Kier molecular flexibility index (Phi) is 4.35. The summed E-state index contributed by atoms with van der Waals surface area (Å²) in [5.41, 5.74) is 4.67. The van der Waals surface area contributed by atoms with Gasteiger partial charge in [0.25, 0.3) is 0 Å². The second kappa shape index (κ2) is 6.59. The third kappa shape index (κ3) is 2.89. The van der Waals surface area contributed by atoms with Crippen LogP contribution in [-0.2, 0) is 6.54 Å². The van der Waals surface area contributed by atoms with E-state index in [1.54, 1.807) is 0 Å². The molecule has 0 spiro atoms. The number of hydrogen-bond donors (Lipinski definition) is 0. The minimum atomic E-state index is 0.575. The molecule has 0 aliphatic heterocycles. The molecule has 120 valence electrons. The van der Waals surface area contributed by atoms with E-state index in [4.69, 9.17) is 0 Å². The molecule has 3 rings (SSSR count). The fourth-order valence-electron chi connectivity index (χ4n) is 2.78. The number of imidazole rings is 1. The summed E-state index contributed by atoms with van der Waals surface area (Å²) in [7, 11) is 4.02. The summed E-state index contributed by atoms with van der Waals surface area (Å²) in [6.07, 6.45) is 1.90. The van der Waals surface area contributed by atoms with E-state index >= 15 is 0 Å². The first kappa shape index (κ1) is 15.8. The molecule has 0 saturated heterocycles. The van der Waals surface area contributed by atoms with E-state index in [1.165, 1.54) is 0 Å². The molecule has 0 unspecified atom stereocenters. The molecule has 0 aliphatic rings. The first-order valence-electron chi connectivity index (χ1n) is 7.99.